The number of halogens is 2. The second-order valence-electron chi connectivity index (χ2n) is 9.42. The average Bonchev–Trinajstić information content (AvgIpc) is 2.90. The molecule has 7 nitrogen and oxygen atoms in total. The van der Waals surface area contributed by atoms with E-state index >= 15 is 0 Å². The van der Waals surface area contributed by atoms with Gasteiger partial charge in [0.15, 0.2) is 0 Å². The van der Waals surface area contributed by atoms with E-state index in [1.54, 1.807) is 36.4 Å². The summed E-state index contributed by atoms with van der Waals surface area (Å²) < 4.78 is 41.0. The van der Waals surface area contributed by atoms with Crippen LogP contribution in [0.1, 0.15) is 31.4 Å². The zero-order valence-electron chi connectivity index (χ0n) is 22.2. The van der Waals surface area contributed by atoms with Crippen molar-refractivity contribution >= 4 is 43.5 Å². The Hall–Kier alpha value is -3.24. The maximum absolute atomic E-state index is 14.0. The molecular formula is C29H33BrFN3O4S. The Morgan fingerprint density at radius 3 is 2.13 bits per heavy atom. The molecule has 0 saturated heterocycles. The topological polar surface area (TPSA) is 86.8 Å². The SMILES string of the molecule is CC[C@@H](C)NC(=O)[C@H](Cc1ccccc1)N(Cc1ccc(F)cc1)C(=O)CN(c1ccc(Br)cc1)S(C)(=O)=O. The molecule has 0 spiro atoms. The van der Waals surface area contributed by atoms with Gasteiger partial charge in [-0.3, -0.25) is 13.9 Å². The molecule has 3 aromatic carbocycles. The first-order valence-electron chi connectivity index (χ1n) is 12.6. The Kier molecular flexibility index (Phi) is 10.7. The van der Waals surface area contributed by atoms with Gasteiger partial charge in [0.2, 0.25) is 21.8 Å². The van der Waals surface area contributed by atoms with E-state index in [1.165, 1.54) is 17.0 Å². The summed E-state index contributed by atoms with van der Waals surface area (Å²) in [6.07, 6.45) is 1.94. The fraction of sp³-hybridized carbons (Fsp3) is 0.310. The molecule has 10 heteroatoms. The van der Waals surface area contributed by atoms with Crippen LogP contribution in [-0.4, -0.2) is 50.0 Å². The van der Waals surface area contributed by atoms with Gasteiger partial charge in [0, 0.05) is 23.5 Å². The van der Waals surface area contributed by atoms with Crippen molar-refractivity contribution in [3.8, 4) is 0 Å². The van der Waals surface area contributed by atoms with Gasteiger partial charge in [-0.2, -0.15) is 0 Å². The molecule has 0 fully saturated rings. The van der Waals surface area contributed by atoms with Crippen LogP contribution in [0.2, 0.25) is 0 Å². The average molecular weight is 619 g/mol. The number of amides is 2. The second kappa shape index (κ2) is 13.7. The molecule has 3 rings (SSSR count). The quantitative estimate of drug-likeness (QED) is 0.313. The molecule has 0 saturated carbocycles. The van der Waals surface area contributed by atoms with Crippen LogP contribution >= 0.6 is 15.9 Å². The molecule has 0 heterocycles. The Balaban J connectivity index is 2.04. The molecule has 0 unspecified atom stereocenters. The van der Waals surface area contributed by atoms with Crippen LogP contribution in [0.3, 0.4) is 0 Å². The predicted octanol–water partition coefficient (Wildman–Crippen LogP) is 4.91. The maximum Gasteiger partial charge on any atom is 0.244 e. The van der Waals surface area contributed by atoms with Crippen molar-refractivity contribution in [3.05, 3.63) is 100 Å². The monoisotopic (exact) mass is 617 g/mol. The number of benzene rings is 3. The van der Waals surface area contributed by atoms with Gasteiger partial charge < -0.3 is 10.2 Å². The molecule has 3 aromatic rings. The van der Waals surface area contributed by atoms with E-state index in [2.05, 4.69) is 21.2 Å². The zero-order chi connectivity index (χ0) is 28.6. The molecule has 0 radical (unpaired) electrons. The number of anilines is 1. The maximum atomic E-state index is 14.0. The van der Waals surface area contributed by atoms with Crippen LogP contribution in [0.15, 0.2) is 83.3 Å². The minimum absolute atomic E-state index is 0.0114. The third-order valence-corrected chi connectivity index (χ3v) is 8.00. The lowest BCUT2D eigenvalue weighted by Gasteiger charge is -2.34. The van der Waals surface area contributed by atoms with Gasteiger partial charge >= 0.3 is 0 Å². The van der Waals surface area contributed by atoms with E-state index < -0.39 is 34.3 Å². The Morgan fingerprint density at radius 2 is 1.56 bits per heavy atom. The molecule has 1 N–H and O–H groups in total. The van der Waals surface area contributed by atoms with Gasteiger partial charge in [-0.15, -0.1) is 0 Å². The van der Waals surface area contributed by atoms with E-state index in [1.807, 2.05) is 44.2 Å². The Bertz CT molecular complexity index is 1350. The fourth-order valence-corrected chi connectivity index (χ4v) is 5.12. The smallest absolute Gasteiger partial charge is 0.244 e. The number of carbonyl (C=O) groups excluding carboxylic acids is 2. The van der Waals surface area contributed by atoms with Crippen molar-refractivity contribution in [2.45, 2.75) is 45.3 Å². The summed E-state index contributed by atoms with van der Waals surface area (Å²) in [5.41, 5.74) is 1.76. The van der Waals surface area contributed by atoms with Gasteiger partial charge in [0.05, 0.1) is 11.9 Å². The first-order valence-corrected chi connectivity index (χ1v) is 15.2. The van der Waals surface area contributed by atoms with Crippen molar-refractivity contribution < 1.29 is 22.4 Å². The van der Waals surface area contributed by atoms with Crippen LogP contribution in [0.25, 0.3) is 0 Å². The minimum atomic E-state index is -3.85. The minimum Gasteiger partial charge on any atom is -0.352 e. The van der Waals surface area contributed by atoms with Crippen molar-refractivity contribution in [1.82, 2.24) is 10.2 Å². The summed E-state index contributed by atoms with van der Waals surface area (Å²) in [7, 11) is -3.85. The van der Waals surface area contributed by atoms with E-state index in [9.17, 15) is 22.4 Å². The Labute approximate surface area is 238 Å². The number of hydrogen-bond acceptors (Lipinski definition) is 4. The lowest BCUT2D eigenvalue weighted by atomic mass is 10.0. The van der Waals surface area contributed by atoms with Gasteiger partial charge in [-0.1, -0.05) is 65.3 Å². The fourth-order valence-electron chi connectivity index (χ4n) is 4.00. The predicted molar refractivity (Wildman–Crippen MR) is 155 cm³/mol. The number of nitrogens with zero attached hydrogens (tertiary/aromatic N) is 2. The molecule has 0 bridgehead atoms. The molecule has 0 aliphatic heterocycles. The lowest BCUT2D eigenvalue weighted by Crippen LogP contribution is -2.54. The number of carbonyl (C=O) groups is 2. The molecule has 0 aliphatic carbocycles. The van der Waals surface area contributed by atoms with Crippen molar-refractivity contribution in [2.75, 3.05) is 17.1 Å². The van der Waals surface area contributed by atoms with Crippen molar-refractivity contribution in [2.24, 2.45) is 0 Å². The summed E-state index contributed by atoms with van der Waals surface area (Å²) >= 11 is 3.34. The summed E-state index contributed by atoms with van der Waals surface area (Å²) in [5, 5.41) is 2.97. The van der Waals surface area contributed by atoms with E-state index in [4.69, 9.17) is 0 Å². The van der Waals surface area contributed by atoms with Crippen LogP contribution < -0.4 is 9.62 Å². The first kappa shape index (κ1) is 30.3. The highest BCUT2D eigenvalue weighted by Crippen LogP contribution is 2.22. The van der Waals surface area contributed by atoms with Crippen LogP contribution in [-0.2, 0) is 32.6 Å². The van der Waals surface area contributed by atoms with Gasteiger partial charge in [0.1, 0.15) is 18.4 Å². The first-order chi connectivity index (χ1) is 18.5. The Morgan fingerprint density at radius 1 is 0.949 bits per heavy atom. The summed E-state index contributed by atoms with van der Waals surface area (Å²) in [6, 6.07) is 20.5. The second-order valence-corrected chi connectivity index (χ2v) is 12.2. The number of nitrogens with one attached hydrogen (secondary N) is 1. The molecule has 0 aliphatic rings. The third-order valence-electron chi connectivity index (χ3n) is 6.33. The number of hydrogen-bond donors (Lipinski definition) is 1. The molecule has 0 aromatic heterocycles. The zero-order valence-corrected chi connectivity index (χ0v) is 24.6. The van der Waals surface area contributed by atoms with Crippen molar-refractivity contribution in [3.63, 3.8) is 0 Å². The highest BCUT2D eigenvalue weighted by atomic mass is 79.9. The van der Waals surface area contributed by atoms with E-state index in [-0.39, 0.29) is 24.9 Å². The van der Waals surface area contributed by atoms with E-state index in [0.717, 1.165) is 20.6 Å². The lowest BCUT2D eigenvalue weighted by molar-refractivity contribution is -0.140. The molecule has 2 amide bonds. The van der Waals surface area contributed by atoms with Crippen molar-refractivity contribution in [1.29, 1.82) is 0 Å². The molecule has 2 atom stereocenters. The van der Waals surface area contributed by atoms with Gasteiger partial charge in [0.25, 0.3) is 0 Å². The summed E-state index contributed by atoms with van der Waals surface area (Å²) in [5.74, 6) is -1.34. The summed E-state index contributed by atoms with van der Waals surface area (Å²) in [6.45, 7) is 3.30. The van der Waals surface area contributed by atoms with Gasteiger partial charge in [-0.25, -0.2) is 12.8 Å². The largest absolute Gasteiger partial charge is 0.352 e. The van der Waals surface area contributed by atoms with Gasteiger partial charge in [-0.05, 0) is 60.9 Å². The third kappa shape index (κ3) is 8.90. The number of rotatable bonds is 12. The van der Waals surface area contributed by atoms with Crippen LogP contribution in [0.5, 0.6) is 0 Å². The molecule has 39 heavy (non-hydrogen) atoms. The normalized spacial score (nSPS) is 12.8. The molecular weight excluding hydrogens is 585 g/mol. The van der Waals surface area contributed by atoms with E-state index in [0.29, 0.717) is 17.7 Å². The summed E-state index contributed by atoms with van der Waals surface area (Å²) in [4.78, 5) is 28.9. The highest BCUT2D eigenvalue weighted by molar-refractivity contribution is 9.10. The number of sulfonamides is 1. The van der Waals surface area contributed by atoms with Crippen LogP contribution in [0, 0.1) is 5.82 Å². The standard InChI is InChI=1S/C29H33BrFN3O4S/c1-4-21(2)32-29(36)27(18-22-8-6-5-7-9-22)33(19-23-10-14-25(31)15-11-23)28(35)20-34(39(3,37)38)26-16-12-24(30)13-17-26/h5-17,21,27H,4,18-20H2,1-3H3,(H,32,36)/t21-,27+/m1/s1. The molecule has 208 valence electrons. The highest BCUT2D eigenvalue weighted by Gasteiger charge is 2.33. The van der Waals surface area contributed by atoms with Crippen LogP contribution in [0.4, 0.5) is 10.1 Å².